The molecule has 0 aliphatic heterocycles. The van der Waals surface area contributed by atoms with Crippen LogP contribution in [0.15, 0.2) is 30.3 Å². The zero-order valence-corrected chi connectivity index (χ0v) is 11.7. The molecule has 1 aromatic carbocycles. The summed E-state index contributed by atoms with van der Waals surface area (Å²) in [6.45, 7) is 4.02. The standard InChI is InChI=1S/C15H18N4O/c1-10-3-7-13(8-4-10)19-11(2)9-14(18-19)17-15(20)16-12-5-6-12/h3-4,7-9,12H,5-6H2,1-2H3,(H2,16,17,18,20). The van der Waals surface area contributed by atoms with Crippen LogP contribution in [0.1, 0.15) is 24.1 Å². The van der Waals surface area contributed by atoms with Gasteiger partial charge < -0.3 is 5.32 Å². The second kappa shape index (κ2) is 5.00. The van der Waals surface area contributed by atoms with Gasteiger partial charge in [0.1, 0.15) is 0 Å². The number of hydrogen-bond donors (Lipinski definition) is 2. The lowest BCUT2D eigenvalue weighted by Crippen LogP contribution is -2.30. The molecule has 5 nitrogen and oxygen atoms in total. The van der Waals surface area contributed by atoms with Crippen LogP contribution in [0.5, 0.6) is 0 Å². The van der Waals surface area contributed by atoms with Crippen molar-refractivity contribution < 1.29 is 4.79 Å². The summed E-state index contributed by atoms with van der Waals surface area (Å²) in [6.07, 6.45) is 2.15. The Kier molecular flexibility index (Phi) is 3.18. The van der Waals surface area contributed by atoms with Gasteiger partial charge in [-0.05, 0) is 38.8 Å². The highest BCUT2D eigenvalue weighted by Gasteiger charge is 2.23. The maximum atomic E-state index is 11.7. The molecule has 0 bridgehead atoms. The highest BCUT2D eigenvalue weighted by Crippen LogP contribution is 2.19. The van der Waals surface area contributed by atoms with E-state index in [2.05, 4.69) is 22.7 Å². The first-order valence-electron chi connectivity index (χ1n) is 6.83. The van der Waals surface area contributed by atoms with Crippen molar-refractivity contribution in [3.8, 4) is 5.69 Å². The lowest BCUT2D eigenvalue weighted by Gasteiger charge is -2.05. The number of amides is 2. The summed E-state index contributed by atoms with van der Waals surface area (Å²) in [7, 11) is 0. The molecule has 0 unspecified atom stereocenters. The zero-order valence-electron chi connectivity index (χ0n) is 11.7. The van der Waals surface area contributed by atoms with Gasteiger partial charge in [0, 0.05) is 17.8 Å². The fourth-order valence-corrected chi connectivity index (χ4v) is 2.05. The van der Waals surface area contributed by atoms with E-state index in [0.717, 1.165) is 24.2 Å². The van der Waals surface area contributed by atoms with E-state index in [1.54, 1.807) is 0 Å². The Morgan fingerprint density at radius 2 is 1.95 bits per heavy atom. The molecule has 3 rings (SSSR count). The van der Waals surface area contributed by atoms with Gasteiger partial charge in [-0.25, -0.2) is 9.48 Å². The average molecular weight is 270 g/mol. The van der Waals surface area contributed by atoms with E-state index in [0.29, 0.717) is 11.9 Å². The molecule has 0 saturated heterocycles. The van der Waals surface area contributed by atoms with Crippen molar-refractivity contribution in [2.45, 2.75) is 32.7 Å². The van der Waals surface area contributed by atoms with Gasteiger partial charge in [-0.2, -0.15) is 0 Å². The van der Waals surface area contributed by atoms with E-state index < -0.39 is 0 Å². The number of aryl methyl sites for hydroxylation is 2. The molecule has 1 saturated carbocycles. The van der Waals surface area contributed by atoms with Crippen LogP contribution >= 0.6 is 0 Å². The van der Waals surface area contributed by atoms with E-state index in [-0.39, 0.29) is 6.03 Å². The molecule has 1 fully saturated rings. The van der Waals surface area contributed by atoms with Crippen LogP contribution in [0, 0.1) is 13.8 Å². The SMILES string of the molecule is Cc1ccc(-n2nc(NC(=O)NC3CC3)cc2C)cc1. The van der Waals surface area contributed by atoms with Gasteiger partial charge in [-0.1, -0.05) is 17.7 Å². The van der Waals surface area contributed by atoms with Gasteiger partial charge >= 0.3 is 6.03 Å². The third-order valence-corrected chi connectivity index (χ3v) is 3.32. The summed E-state index contributed by atoms with van der Waals surface area (Å²) in [5.74, 6) is 0.571. The van der Waals surface area contributed by atoms with Crippen molar-refractivity contribution in [1.82, 2.24) is 15.1 Å². The molecule has 1 aliphatic carbocycles. The van der Waals surface area contributed by atoms with Crippen molar-refractivity contribution in [2.24, 2.45) is 0 Å². The van der Waals surface area contributed by atoms with Crippen molar-refractivity contribution in [3.05, 3.63) is 41.6 Å². The highest BCUT2D eigenvalue weighted by atomic mass is 16.2. The number of nitrogens with one attached hydrogen (secondary N) is 2. The Morgan fingerprint density at radius 1 is 1.25 bits per heavy atom. The number of hydrogen-bond acceptors (Lipinski definition) is 2. The summed E-state index contributed by atoms with van der Waals surface area (Å²) >= 11 is 0. The predicted molar refractivity (Wildman–Crippen MR) is 78.2 cm³/mol. The van der Waals surface area contributed by atoms with Crippen molar-refractivity contribution in [1.29, 1.82) is 0 Å². The first-order chi connectivity index (χ1) is 9.61. The topological polar surface area (TPSA) is 59.0 Å². The number of anilines is 1. The lowest BCUT2D eigenvalue weighted by molar-refractivity contribution is 0.251. The molecular weight excluding hydrogens is 252 g/mol. The first kappa shape index (κ1) is 12.7. The highest BCUT2D eigenvalue weighted by molar-refractivity contribution is 5.88. The number of carbonyl (C=O) groups excluding carboxylic acids is 1. The van der Waals surface area contributed by atoms with Gasteiger partial charge in [-0.15, -0.1) is 5.10 Å². The second-order valence-corrected chi connectivity index (χ2v) is 5.29. The molecule has 5 heteroatoms. The molecule has 1 aliphatic rings. The Morgan fingerprint density at radius 3 is 2.60 bits per heavy atom. The Labute approximate surface area is 118 Å². The minimum absolute atomic E-state index is 0.180. The summed E-state index contributed by atoms with van der Waals surface area (Å²) in [4.78, 5) is 11.7. The van der Waals surface area contributed by atoms with Gasteiger partial charge in [-0.3, -0.25) is 5.32 Å². The summed E-state index contributed by atoms with van der Waals surface area (Å²) in [5, 5.41) is 10.1. The van der Waals surface area contributed by atoms with Gasteiger partial charge in [0.15, 0.2) is 5.82 Å². The van der Waals surface area contributed by atoms with Gasteiger partial charge in [0.25, 0.3) is 0 Å². The quantitative estimate of drug-likeness (QED) is 0.901. The minimum Gasteiger partial charge on any atom is -0.335 e. The van der Waals surface area contributed by atoms with Crippen LogP contribution < -0.4 is 10.6 Å². The van der Waals surface area contributed by atoms with Crippen LogP contribution in [0.3, 0.4) is 0 Å². The number of benzene rings is 1. The Bertz CT molecular complexity index is 626. The first-order valence-corrected chi connectivity index (χ1v) is 6.83. The zero-order chi connectivity index (χ0) is 14.1. The molecular formula is C15H18N4O. The monoisotopic (exact) mass is 270 g/mol. The molecule has 0 atom stereocenters. The molecule has 0 radical (unpaired) electrons. The van der Waals surface area contributed by atoms with Crippen molar-refractivity contribution >= 4 is 11.8 Å². The average Bonchev–Trinajstić information content (AvgIpc) is 3.13. The summed E-state index contributed by atoms with van der Waals surface area (Å²) < 4.78 is 1.83. The maximum Gasteiger partial charge on any atom is 0.320 e. The largest absolute Gasteiger partial charge is 0.335 e. The van der Waals surface area contributed by atoms with E-state index in [4.69, 9.17) is 0 Å². The number of nitrogens with zero attached hydrogens (tertiary/aromatic N) is 2. The molecule has 2 aromatic rings. The van der Waals surface area contributed by atoms with E-state index in [9.17, 15) is 4.79 Å². The van der Waals surface area contributed by atoms with Crippen LogP contribution in [0.25, 0.3) is 5.69 Å². The molecule has 2 N–H and O–H groups in total. The van der Waals surface area contributed by atoms with Crippen molar-refractivity contribution in [2.75, 3.05) is 5.32 Å². The maximum absolute atomic E-state index is 11.7. The molecule has 104 valence electrons. The van der Waals surface area contributed by atoms with Crippen molar-refractivity contribution in [3.63, 3.8) is 0 Å². The molecule has 2 amide bonds. The molecule has 20 heavy (non-hydrogen) atoms. The van der Waals surface area contributed by atoms with E-state index >= 15 is 0 Å². The van der Waals surface area contributed by atoms with Crippen LogP contribution in [-0.4, -0.2) is 21.9 Å². The van der Waals surface area contributed by atoms with Gasteiger partial charge in [0.05, 0.1) is 5.69 Å². The Balaban J connectivity index is 1.76. The molecule has 0 spiro atoms. The molecule has 1 heterocycles. The van der Waals surface area contributed by atoms with Crippen LogP contribution in [0.4, 0.5) is 10.6 Å². The smallest absolute Gasteiger partial charge is 0.320 e. The number of rotatable bonds is 3. The third kappa shape index (κ3) is 2.82. The normalized spacial score (nSPS) is 14.1. The van der Waals surface area contributed by atoms with E-state index in [1.165, 1.54) is 5.56 Å². The van der Waals surface area contributed by atoms with Gasteiger partial charge in [0.2, 0.25) is 0 Å². The molecule has 1 aromatic heterocycles. The summed E-state index contributed by atoms with van der Waals surface area (Å²) in [5.41, 5.74) is 3.18. The summed E-state index contributed by atoms with van der Waals surface area (Å²) in [6, 6.07) is 10.2. The third-order valence-electron chi connectivity index (χ3n) is 3.32. The number of carbonyl (C=O) groups is 1. The number of urea groups is 1. The predicted octanol–water partition coefficient (Wildman–Crippen LogP) is 2.77. The van der Waals surface area contributed by atoms with Crippen LogP contribution in [0.2, 0.25) is 0 Å². The fraction of sp³-hybridized carbons (Fsp3) is 0.333. The lowest BCUT2D eigenvalue weighted by atomic mass is 10.2. The van der Waals surface area contributed by atoms with Crippen LogP contribution in [-0.2, 0) is 0 Å². The second-order valence-electron chi connectivity index (χ2n) is 5.29. The number of aromatic nitrogens is 2. The minimum atomic E-state index is -0.180. The van der Waals surface area contributed by atoms with E-state index in [1.807, 2.05) is 41.9 Å². The Hall–Kier alpha value is -2.30. The fourth-order valence-electron chi connectivity index (χ4n) is 2.05.